The first-order valence-electron chi connectivity index (χ1n) is 7.30. The fraction of sp³-hybridized carbons (Fsp3) is 0.500. The van der Waals surface area contributed by atoms with Crippen LogP contribution in [0.3, 0.4) is 0 Å². The molecule has 1 rings (SSSR count). The minimum absolute atomic E-state index is 0.104. The van der Waals surface area contributed by atoms with Crippen LogP contribution in [0.15, 0.2) is 18.2 Å². The molecule has 0 radical (unpaired) electrons. The van der Waals surface area contributed by atoms with Crippen molar-refractivity contribution in [2.24, 2.45) is 5.92 Å². The van der Waals surface area contributed by atoms with Gasteiger partial charge in [-0.3, -0.25) is 9.59 Å². The number of hydrogen-bond donors (Lipinski definition) is 2. The van der Waals surface area contributed by atoms with Crippen molar-refractivity contribution in [1.29, 1.82) is 0 Å². The third-order valence-corrected chi connectivity index (χ3v) is 3.37. The number of ether oxygens (including phenoxy) is 1. The second kappa shape index (κ2) is 9.43. The fourth-order valence-corrected chi connectivity index (χ4v) is 1.93. The molecule has 0 aliphatic carbocycles. The summed E-state index contributed by atoms with van der Waals surface area (Å²) in [4.78, 5) is 23.8. The van der Waals surface area contributed by atoms with Crippen molar-refractivity contribution in [3.63, 3.8) is 0 Å². The first kappa shape index (κ1) is 18.5. The van der Waals surface area contributed by atoms with E-state index in [4.69, 9.17) is 16.3 Å². The minimum atomic E-state index is -0.230. The molecule has 6 heteroatoms. The van der Waals surface area contributed by atoms with E-state index in [1.807, 2.05) is 0 Å². The Morgan fingerprint density at radius 2 is 2.05 bits per heavy atom. The third-order valence-electron chi connectivity index (χ3n) is 3.04. The Hall–Kier alpha value is -1.59. The van der Waals surface area contributed by atoms with Crippen molar-refractivity contribution in [2.75, 3.05) is 25.6 Å². The second-order valence-electron chi connectivity index (χ2n) is 5.42. The molecule has 1 aromatic rings. The second-order valence-corrected chi connectivity index (χ2v) is 5.83. The van der Waals surface area contributed by atoms with E-state index in [0.717, 1.165) is 6.42 Å². The van der Waals surface area contributed by atoms with Gasteiger partial charge in [-0.25, -0.2) is 0 Å². The zero-order valence-corrected chi connectivity index (χ0v) is 14.0. The highest BCUT2D eigenvalue weighted by Crippen LogP contribution is 2.23. The van der Waals surface area contributed by atoms with E-state index in [-0.39, 0.29) is 11.8 Å². The van der Waals surface area contributed by atoms with Gasteiger partial charge in [0, 0.05) is 25.6 Å². The Morgan fingerprint density at radius 3 is 2.68 bits per heavy atom. The lowest BCUT2D eigenvalue weighted by atomic mass is 10.1. The highest BCUT2D eigenvalue weighted by atomic mass is 35.5. The minimum Gasteiger partial charge on any atom is -0.383 e. The Labute approximate surface area is 136 Å². The highest BCUT2D eigenvalue weighted by molar-refractivity contribution is 6.33. The lowest BCUT2D eigenvalue weighted by molar-refractivity contribution is -0.116. The maximum atomic E-state index is 12.0. The van der Waals surface area contributed by atoms with E-state index < -0.39 is 0 Å². The van der Waals surface area contributed by atoms with Crippen molar-refractivity contribution in [1.82, 2.24) is 5.32 Å². The molecule has 0 bridgehead atoms. The summed E-state index contributed by atoms with van der Waals surface area (Å²) in [5.41, 5.74) is 0.898. The van der Waals surface area contributed by atoms with Gasteiger partial charge < -0.3 is 15.4 Å². The van der Waals surface area contributed by atoms with Crippen LogP contribution in [0.4, 0.5) is 5.69 Å². The van der Waals surface area contributed by atoms with E-state index >= 15 is 0 Å². The van der Waals surface area contributed by atoms with Crippen LogP contribution in [-0.2, 0) is 9.53 Å². The van der Waals surface area contributed by atoms with Crippen LogP contribution in [0.5, 0.6) is 0 Å². The fourth-order valence-electron chi connectivity index (χ4n) is 1.76. The largest absolute Gasteiger partial charge is 0.383 e. The first-order valence-corrected chi connectivity index (χ1v) is 7.68. The number of methoxy groups -OCH3 is 1. The average Bonchev–Trinajstić information content (AvgIpc) is 2.47. The molecule has 1 aromatic carbocycles. The summed E-state index contributed by atoms with van der Waals surface area (Å²) in [6.45, 7) is 4.99. The molecule has 0 aromatic heterocycles. The standard InChI is InChI=1S/C16H23ClN2O3/c1-11(2)4-7-15(20)19-14-10-12(5-6-13(14)17)16(21)18-8-9-22-3/h5-6,10-11H,4,7-9H2,1-3H3,(H,18,21)(H,19,20). The summed E-state index contributed by atoms with van der Waals surface area (Å²) >= 11 is 6.07. The maximum Gasteiger partial charge on any atom is 0.251 e. The molecule has 0 aliphatic rings. The Morgan fingerprint density at radius 1 is 1.32 bits per heavy atom. The summed E-state index contributed by atoms with van der Waals surface area (Å²) in [5, 5.41) is 5.88. The number of anilines is 1. The van der Waals surface area contributed by atoms with Gasteiger partial charge in [0.2, 0.25) is 5.91 Å². The number of benzene rings is 1. The molecular weight excluding hydrogens is 304 g/mol. The van der Waals surface area contributed by atoms with E-state index in [1.54, 1.807) is 25.3 Å². The number of rotatable bonds is 8. The number of amides is 2. The molecule has 0 aliphatic heterocycles. The molecule has 22 heavy (non-hydrogen) atoms. The number of nitrogens with one attached hydrogen (secondary N) is 2. The number of halogens is 1. The molecule has 5 nitrogen and oxygen atoms in total. The number of hydrogen-bond acceptors (Lipinski definition) is 3. The molecular formula is C16H23ClN2O3. The molecule has 0 heterocycles. The van der Waals surface area contributed by atoms with Crippen LogP contribution >= 0.6 is 11.6 Å². The van der Waals surface area contributed by atoms with E-state index in [9.17, 15) is 9.59 Å². The van der Waals surface area contributed by atoms with E-state index in [0.29, 0.717) is 41.8 Å². The smallest absolute Gasteiger partial charge is 0.251 e. The zero-order valence-electron chi connectivity index (χ0n) is 13.2. The normalized spacial score (nSPS) is 10.6. The average molecular weight is 327 g/mol. The summed E-state index contributed by atoms with van der Waals surface area (Å²) in [6.07, 6.45) is 1.24. The van der Waals surface area contributed by atoms with Crippen molar-refractivity contribution in [2.45, 2.75) is 26.7 Å². The van der Waals surface area contributed by atoms with Crippen LogP contribution in [0.25, 0.3) is 0 Å². The predicted octanol–water partition coefficient (Wildman–Crippen LogP) is 3.09. The van der Waals surface area contributed by atoms with Gasteiger partial charge in [0.25, 0.3) is 5.91 Å². The van der Waals surface area contributed by atoms with Crippen LogP contribution in [0.2, 0.25) is 5.02 Å². The maximum absolute atomic E-state index is 12.0. The van der Waals surface area contributed by atoms with Gasteiger partial charge >= 0.3 is 0 Å². The zero-order chi connectivity index (χ0) is 16.5. The van der Waals surface area contributed by atoms with Gasteiger partial charge in [0.05, 0.1) is 17.3 Å². The molecule has 2 amide bonds. The van der Waals surface area contributed by atoms with Crippen molar-refractivity contribution >= 4 is 29.1 Å². The number of carbonyl (C=O) groups excluding carboxylic acids is 2. The van der Waals surface area contributed by atoms with E-state index in [2.05, 4.69) is 24.5 Å². The van der Waals surface area contributed by atoms with Crippen LogP contribution < -0.4 is 10.6 Å². The van der Waals surface area contributed by atoms with Gasteiger partial charge in [-0.2, -0.15) is 0 Å². The molecule has 0 spiro atoms. The summed E-state index contributed by atoms with van der Waals surface area (Å²) in [5.74, 6) is 0.123. The van der Waals surface area contributed by atoms with Crippen molar-refractivity contribution in [3.05, 3.63) is 28.8 Å². The Kier molecular flexibility index (Phi) is 7.91. The lowest BCUT2D eigenvalue weighted by Gasteiger charge is -2.10. The van der Waals surface area contributed by atoms with Gasteiger partial charge in [-0.05, 0) is 30.5 Å². The molecule has 0 saturated carbocycles. The quantitative estimate of drug-likeness (QED) is 0.721. The molecule has 0 atom stereocenters. The Balaban J connectivity index is 2.69. The van der Waals surface area contributed by atoms with Gasteiger partial charge in [-0.1, -0.05) is 25.4 Å². The van der Waals surface area contributed by atoms with Gasteiger partial charge in [-0.15, -0.1) is 0 Å². The molecule has 0 fully saturated rings. The summed E-state index contributed by atoms with van der Waals surface area (Å²) < 4.78 is 4.88. The first-order chi connectivity index (χ1) is 10.4. The topological polar surface area (TPSA) is 67.4 Å². The molecule has 2 N–H and O–H groups in total. The highest BCUT2D eigenvalue weighted by Gasteiger charge is 2.11. The van der Waals surface area contributed by atoms with Crippen LogP contribution in [0, 0.1) is 5.92 Å². The Bertz CT molecular complexity index is 518. The van der Waals surface area contributed by atoms with Crippen LogP contribution in [-0.4, -0.2) is 32.1 Å². The van der Waals surface area contributed by atoms with Gasteiger partial charge in [0.15, 0.2) is 0 Å². The van der Waals surface area contributed by atoms with E-state index in [1.165, 1.54) is 0 Å². The molecule has 0 unspecified atom stereocenters. The lowest BCUT2D eigenvalue weighted by Crippen LogP contribution is -2.27. The molecule has 0 saturated heterocycles. The predicted molar refractivity (Wildman–Crippen MR) is 88.4 cm³/mol. The summed E-state index contributed by atoms with van der Waals surface area (Å²) in [7, 11) is 1.57. The van der Waals surface area contributed by atoms with Crippen LogP contribution in [0.1, 0.15) is 37.0 Å². The summed E-state index contributed by atoms with van der Waals surface area (Å²) in [6, 6.07) is 4.80. The third kappa shape index (κ3) is 6.45. The van der Waals surface area contributed by atoms with Gasteiger partial charge in [0.1, 0.15) is 0 Å². The SMILES string of the molecule is COCCNC(=O)c1ccc(Cl)c(NC(=O)CCC(C)C)c1. The monoisotopic (exact) mass is 326 g/mol. The van der Waals surface area contributed by atoms with Crippen molar-refractivity contribution in [3.8, 4) is 0 Å². The van der Waals surface area contributed by atoms with Crippen molar-refractivity contribution < 1.29 is 14.3 Å². The molecule has 122 valence electrons. The number of carbonyl (C=O) groups is 2.